The minimum atomic E-state index is -0.748. The molecule has 0 bridgehead atoms. The largest absolute Gasteiger partial charge is 0.496 e. The summed E-state index contributed by atoms with van der Waals surface area (Å²) < 4.78 is 5.30. The second-order valence-corrected chi connectivity index (χ2v) is 4.87. The number of hydrogen-bond donors (Lipinski definition) is 1. The zero-order valence-corrected chi connectivity index (χ0v) is 11.6. The molecule has 0 heterocycles. The first-order valence-electron chi connectivity index (χ1n) is 6.38. The maximum Gasteiger partial charge on any atom is 0.303 e. The van der Waals surface area contributed by atoms with Gasteiger partial charge in [0.1, 0.15) is 5.75 Å². The molecule has 100 valence electrons. The molecule has 1 rings (SSSR count). The van der Waals surface area contributed by atoms with E-state index in [0.717, 1.165) is 23.3 Å². The van der Waals surface area contributed by atoms with Gasteiger partial charge in [0.2, 0.25) is 0 Å². The van der Waals surface area contributed by atoms with Crippen LogP contribution in [0.3, 0.4) is 0 Å². The molecule has 0 spiro atoms. The summed E-state index contributed by atoms with van der Waals surface area (Å²) in [6.07, 6.45) is 1.06. The van der Waals surface area contributed by atoms with Crippen LogP contribution in [0, 0.1) is 5.92 Å². The van der Waals surface area contributed by atoms with Crippen molar-refractivity contribution in [2.75, 3.05) is 7.11 Å². The van der Waals surface area contributed by atoms with Gasteiger partial charge in [-0.05, 0) is 35.4 Å². The molecular formula is C15H22O3. The van der Waals surface area contributed by atoms with Crippen LogP contribution in [0.25, 0.3) is 0 Å². The first kappa shape index (κ1) is 14.6. The number of carboxylic acid groups (broad SMARTS) is 1. The van der Waals surface area contributed by atoms with Gasteiger partial charge in [0.25, 0.3) is 0 Å². The number of ether oxygens (including phenoxy) is 1. The van der Waals surface area contributed by atoms with Crippen molar-refractivity contribution < 1.29 is 14.6 Å². The third kappa shape index (κ3) is 3.49. The molecule has 1 aromatic carbocycles. The number of carboxylic acids is 1. The monoisotopic (exact) mass is 250 g/mol. The number of aryl methyl sites for hydroxylation is 1. The molecule has 0 saturated carbocycles. The SMILES string of the molecule is CCc1cc(C(CC(=O)O)C(C)C)ccc1OC. The Balaban J connectivity index is 3.09. The van der Waals surface area contributed by atoms with Crippen molar-refractivity contribution in [2.45, 2.75) is 39.5 Å². The van der Waals surface area contributed by atoms with Gasteiger partial charge in [-0.1, -0.05) is 32.9 Å². The van der Waals surface area contributed by atoms with E-state index in [2.05, 4.69) is 26.8 Å². The van der Waals surface area contributed by atoms with Crippen LogP contribution >= 0.6 is 0 Å². The lowest BCUT2D eigenvalue weighted by Gasteiger charge is -2.21. The van der Waals surface area contributed by atoms with E-state index < -0.39 is 5.97 Å². The van der Waals surface area contributed by atoms with Crippen LogP contribution in [0.2, 0.25) is 0 Å². The van der Waals surface area contributed by atoms with Gasteiger partial charge < -0.3 is 9.84 Å². The molecule has 0 aliphatic heterocycles. The number of benzene rings is 1. The summed E-state index contributed by atoms with van der Waals surface area (Å²) in [6.45, 7) is 6.19. The Kier molecular flexibility index (Phi) is 5.20. The van der Waals surface area contributed by atoms with Gasteiger partial charge in [-0.2, -0.15) is 0 Å². The van der Waals surface area contributed by atoms with E-state index >= 15 is 0 Å². The van der Waals surface area contributed by atoms with Crippen LogP contribution < -0.4 is 4.74 Å². The fraction of sp³-hybridized carbons (Fsp3) is 0.533. The van der Waals surface area contributed by atoms with Crippen LogP contribution in [0.5, 0.6) is 5.75 Å². The van der Waals surface area contributed by atoms with Crippen LogP contribution in [-0.4, -0.2) is 18.2 Å². The number of rotatable bonds is 6. The molecule has 0 aliphatic carbocycles. The Morgan fingerprint density at radius 1 is 1.39 bits per heavy atom. The normalized spacial score (nSPS) is 12.5. The highest BCUT2D eigenvalue weighted by Gasteiger charge is 2.20. The Hall–Kier alpha value is -1.51. The molecule has 0 aromatic heterocycles. The van der Waals surface area contributed by atoms with E-state index in [9.17, 15) is 4.79 Å². The van der Waals surface area contributed by atoms with Crippen LogP contribution in [-0.2, 0) is 11.2 Å². The number of carbonyl (C=O) groups is 1. The van der Waals surface area contributed by atoms with Gasteiger partial charge in [0.15, 0.2) is 0 Å². The Morgan fingerprint density at radius 3 is 2.50 bits per heavy atom. The van der Waals surface area contributed by atoms with Crippen molar-refractivity contribution >= 4 is 5.97 Å². The smallest absolute Gasteiger partial charge is 0.303 e. The molecule has 1 atom stereocenters. The highest BCUT2D eigenvalue weighted by molar-refractivity contribution is 5.68. The molecule has 0 radical (unpaired) electrons. The standard InChI is InChI=1S/C15H22O3/c1-5-11-8-12(6-7-14(11)18-4)13(10(2)3)9-15(16)17/h6-8,10,13H,5,9H2,1-4H3,(H,16,17). The molecular weight excluding hydrogens is 228 g/mol. The lowest BCUT2D eigenvalue weighted by Crippen LogP contribution is -2.12. The quantitative estimate of drug-likeness (QED) is 0.840. The van der Waals surface area contributed by atoms with E-state index in [1.54, 1.807) is 7.11 Å². The van der Waals surface area contributed by atoms with Gasteiger partial charge in [-0.25, -0.2) is 0 Å². The van der Waals surface area contributed by atoms with Crippen LogP contribution in [0.1, 0.15) is 44.2 Å². The average molecular weight is 250 g/mol. The second kappa shape index (κ2) is 6.43. The number of methoxy groups -OCH3 is 1. The topological polar surface area (TPSA) is 46.5 Å². The maximum absolute atomic E-state index is 10.9. The fourth-order valence-corrected chi connectivity index (χ4v) is 2.23. The molecule has 0 saturated heterocycles. The molecule has 0 aliphatic rings. The van der Waals surface area contributed by atoms with Crippen LogP contribution in [0.4, 0.5) is 0 Å². The molecule has 0 fully saturated rings. The predicted octanol–water partition coefficient (Wildman–Crippen LogP) is 3.47. The van der Waals surface area contributed by atoms with Crippen molar-refractivity contribution in [1.82, 2.24) is 0 Å². The molecule has 0 amide bonds. The van der Waals surface area contributed by atoms with E-state index in [0.29, 0.717) is 5.92 Å². The average Bonchev–Trinajstić information content (AvgIpc) is 2.34. The Morgan fingerprint density at radius 2 is 2.06 bits per heavy atom. The van der Waals surface area contributed by atoms with Crippen molar-refractivity contribution in [1.29, 1.82) is 0 Å². The first-order valence-corrected chi connectivity index (χ1v) is 6.38. The molecule has 1 aromatic rings. The summed E-state index contributed by atoms with van der Waals surface area (Å²) in [4.78, 5) is 10.9. The summed E-state index contributed by atoms with van der Waals surface area (Å²) in [5, 5.41) is 9.00. The minimum Gasteiger partial charge on any atom is -0.496 e. The molecule has 1 unspecified atom stereocenters. The lowest BCUT2D eigenvalue weighted by atomic mass is 9.85. The maximum atomic E-state index is 10.9. The van der Waals surface area contributed by atoms with Crippen molar-refractivity contribution in [3.05, 3.63) is 29.3 Å². The van der Waals surface area contributed by atoms with Gasteiger partial charge in [0, 0.05) is 0 Å². The zero-order chi connectivity index (χ0) is 13.7. The molecule has 3 heteroatoms. The summed E-state index contributed by atoms with van der Waals surface area (Å²) >= 11 is 0. The molecule has 1 N–H and O–H groups in total. The van der Waals surface area contributed by atoms with Crippen molar-refractivity contribution in [3.63, 3.8) is 0 Å². The summed E-state index contributed by atoms with van der Waals surface area (Å²) in [5.74, 6) is 0.486. The van der Waals surface area contributed by atoms with Crippen LogP contribution in [0.15, 0.2) is 18.2 Å². The minimum absolute atomic E-state index is 0.0544. The fourth-order valence-electron chi connectivity index (χ4n) is 2.23. The third-order valence-electron chi connectivity index (χ3n) is 3.31. The van der Waals surface area contributed by atoms with E-state index in [4.69, 9.17) is 9.84 Å². The Bertz CT molecular complexity index is 410. The zero-order valence-electron chi connectivity index (χ0n) is 11.6. The number of aliphatic carboxylic acids is 1. The third-order valence-corrected chi connectivity index (χ3v) is 3.31. The van der Waals surface area contributed by atoms with Gasteiger partial charge >= 0.3 is 5.97 Å². The second-order valence-electron chi connectivity index (χ2n) is 4.87. The highest BCUT2D eigenvalue weighted by atomic mass is 16.5. The van der Waals surface area contributed by atoms with E-state index in [1.165, 1.54) is 0 Å². The van der Waals surface area contributed by atoms with E-state index in [1.807, 2.05) is 12.1 Å². The summed E-state index contributed by atoms with van der Waals surface area (Å²) in [5.41, 5.74) is 2.22. The van der Waals surface area contributed by atoms with E-state index in [-0.39, 0.29) is 12.3 Å². The highest BCUT2D eigenvalue weighted by Crippen LogP contribution is 2.31. The first-order chi connectivity index (χ1) is 8.49. The number of hydrogen-bond acceptors (Lipinski definition) is 2. The lowest BCUT2D eigenvalue weighted by molar-refractivity contribution is -0.137. The van der Waals surface area contributed by atoms with Crippen molar-refractivity contribution in [3.8, 4) is 5.75 Å². The summed E-state index contributed by atoms with van der Waals surface area (Å²) in [7, 11) is 1.66. The summed E-state index contributed by atoms with van der Waals surface area (Å²) in [6, 6.07) is 5.99. The van der Waals surface area contributed by atoms with Gasteiger partial charge in [-0.15, -0.1) is 0 Å². The predicted molar refractivity (Wildman–Crippen MR) is 72.2 cm³/mol. The van der Waals surface area contributed by atoms with Gasteiger partial charge in [0.05, 0.1) is 13.5 Å². The molecule has 18 heavy (non-hydrogen) atoms. The van der Waals surface area contributed by atoms with Crippen molar-refractivity contribution in [2.24, 2.45) is 5.92 Å². The van der Waals surface area contributed by atoms with Gasteiger partial charge in [-0.3, -0.25) is 4.79 Å². The molecule has 3 nitrogen and oxygen atoms in total. The Labute approximate surface area is 109 Å².